The second kappa shape index (κ2) is 6.18. The monoisotopic (exact) mass is 340 g/mol. The van der Waals surface area contributed by atoms with Gasteiger partial charge in [-0.25, -0.2) is 13.1 Å². The number of piperidine rings is 1. The van der Waals surface area contributed by atoms with E-state index in [1.807, 2.05) is 0 Å². The summed E-state index contributed by atoms with van der Waals surface area (Å²) in [5.74, 6) is 0. The predicted molar refractivity (Wildman–Crippen MR) is 89.7 cm³/mol. The van der Waals surface area contributed by atoms with Crippen LogP contribution in [0.25, 0.3) is 0 Å². The first-order valence-electron chi connectivity index (χ1n) is 8.51. The number of nitrogens with zero attached hydrogens (tertiary/aromatic N) is 3. The number of aromatic nitrogens is 2. The van der Waals surface area contributed by atoms with Crippen molar-refractivity contribution in [3.05, 3.63) is 11.9 Å². The summed E-state index contributed by atoms with van der Waals surface area (Å²) >= 11 is 0. The molecule has 2 aliphatic rings. The third kappa shape index (κ3) is 3.46. The Bertz CT molecular complexity index is 650. The van der Waals surface area contributed by atoms with Gasteiger partial charge < -0.3 is 4.90 Å². The van der Waals surface area contributed by atoms with Crippen LogP contribution in [0.15, 0.2) is 11.1 Å². The van der Waals surface area contributed by atoms with Gasteiger partial charge in [0.15, 0.2) is 0 Å². The van der Waals surface area contributed by atoms with Crippen molar-refractivity contribution in [1.82, 2.24) is 19.4 Å². The first-order valence-corrected chi connectivity index (χ1v) is 9.99. The van der Waals surface area contributed by atoms with Crippen LogP contribution >= 0.6 is 0 Å². The highest BCUT2D eigenvalue weighted by molar-refractivity contribution is 7.89. The van der Waals surface area contributed by atoms with Gasteiger partial charge in [0.25, 0.3) is 0 Å². The van der Waals surface area contributed by atoms with Crippen molar-refractivity contribution in [2.45, 2.75) is 56.4 Å². The molecule has 2 heterocycles. The lowest BCUT2D eigenvalue weighted by atomic mass is 9.67. The molecule has 1 aliphatic heterocycles. The lowest BCUT2D eigenvalue weighted by Crippen LogP contribution is -2.44. The van der Waals surface area contributed by atoms with Crippen molar-refractivity contribution in [3.63, 3.8) is 0 Å². The minimum absolute atomic E-state index is 0.0601. The molecule has 130 valence electrons. The first-order chi connectivity index (χ1) is 10.8. The maximum absolute atomic E-state index is 12.6. The van der Waals surface area contributed by atoms with Crippen LogP contribution in [0.5, 0.6) is 0 Å². The van der Waals surface area contributed by atoms with E-state index in [0.29, 0.717) is 16.0 Å². The summed E-state index contributed by atoms with van der Waals surface area (Å²) in [7, 11) is 0.484. The van der Waals surface area contributed by atoms with E-state index >= 15 is 0 Å². The molecule has 1 N–H and O–H groups in total. The third-order valence-electron chi connectivity index (χ3n) is 5.90. The van der Waals surface area contributed by atoms with Crippen molar-refractivity contribution in [3.8, 4) is 0 Å². The molecular formula is C16H28N4O2S. The molecule has 0 atom stereocenters. The van der Waals surface area contributed by atoms with Crippen molar-refractivity contribution >= 4 is 10.0 Å². The van der Waals surface area contributed by atoms with Gasteiger partial charge in [-0.15, -0.1) is 0 Å². The smallest absolute Gasteiger partial charge is 0.244 e. The average Bonchev–Trinajstić information content (AvgIpc) is 2.85. The number of sulfonamides is 1. The quantitative estimate of drug-likeness (QED) is 0.909. The molecule has 1 aromatic rings. The Kier molecular flexibility index (Phi) is 4.55. The van der Waals surface area contributed by atoms with Gasteiger partial charge in [-0.1, -0.05) is 0 Å². The van der Waals surface area contributed by atoms with E-state index in [-0.39, 0.29) is 6.04 Å². The Morgan fingerprint density at radius 2 is 1.78 bits per heavy atom. The number of aryl methyl sites for hydroxylation is 1. The molecule has 2 fully saturated rings. The summed E-state index contributed by atoms with van der Waals surface area (Å²) in [6.07, 6.45) is 8.12. The van der Waals surface area contributed by atoms with E-state index in [2.05, 4.69) is 21.8 Å². The van der Waals surface area contributed by atoms with E-state index in [1.165, 1.54) is 32.1 Å². The Morgan fingerprint density at radius 3 is 2.30 bits per heavy atom. The van der Waals surface area contributed by atoms with Crippen LogP contribution in [-0.4, -0.2) is 49.3 Å². The highest BCUT2D eigenvalue weighted by Gasteiger charge is 2.38. The molecule has 0 radical (unpaired) electrons. The highest BCUT2D eigenvalue weighted by atomic mass is 32.2. The van der Waals surface area contributed by atoms with Gasteiger partial charge in [0.2, 0.25) is 10.0 Å². The van der Waals surface area contributed by atoms with Crippen LogP contribution in [0.3, 0.4) is 0 Å². The summed E-state index contributed by atoms with van der Waals surface area (Å²) in [4.78, 5) is 2.70. The van der Waals surface area contributed by atoms with Crippen LogP contribution in [0.2, 0.25) is 0 Å². The summed E-state index contributed by atoms with van der Waals surface area (Å²) < 4.78 is 29.7. The molecule has 7 heteroatoms. The van der Waals surface area contributed by atoms with Crippen LogP contribution in [0.1, 0.15) is 44.2 Å². The van der Waals surface area contributed by atoms with E-state index in [4.69, 9.17) is 0 Å². The minimum Gasteiger partial charge on any atom is -0.306 e. The van der Waals surface area contributed by atoms with E-state index in [9.17, 15) is 8.42 Å². The number of nitrogens with one attached hydrogen (secondary N) is 1. The fraction of sp³-hybridized carbons (Fsp3) is 0.812. The number of hydrogen-bond acceptors (Lipinski definition) is 4. The molecule has 23 heavy (non-hydrogen) atoms. The predicted octanol–water partition coefficient (Wildman–Crippen LogP) is 1.66. The maximum Gasteiger partial charge on any atom is 0.244 e. The van der Waals surface area contributed by atoms with E-state index < -0.39 is 10.0 Å². The van der Waals surface area contributed by atoms with Gasteiger partial charge in [0.1, 0.15) is 4.90 Å². The number of rotatable bonds is 3. The maximum atomic E-state index is 12.6. The van der Waals surface area contributed by atoms with Crippen LogP contribution in [0.4, 0.5) is 0 Å². The van der Waals surface area contributed by atoms with Crippen molar-refractivity contribution in [2.24, 2.45) is 12.5 Å². The number of likely N-dealkylation sites (tertiary alicyclic amines) is 1. The standard InChI is InChI=1S/C16H28N4O2S/c1-13-15(12-17-20(13)3)23(21,22)18-14-4-6-16(7-5-14)8-10-19(2)11-9-16/h12,14,18H,4-11H2,1-3H3. The molecule has 1 saturated carbocycles. The van der Waals surface area contributed by atoms with Gasteiger partial charge in [-0.3, -0.25) is 4.68 Å². The Morgan fingerprint density at radius 1 is 1.17 bits per heavy atom. The molecule has 0 amide bonds. The fourth-order valence-electron chi connectivity index (χ4n) is 3.97. The Hall–Kier alpha value is -0.920. The van der Waals surface area contributed by atoms with E-state index in [1.54, 1.807) is 18.7 Å². The third-order valence-corrected chi connectivity index (χ3v) is 7.52. The molecule has 3 rings (SSSR count). The average molecular weight is 340 g/mol. The second-order valence-corrected chi connectivity index (χ2v) is 9.10. The second-order valence-electron chi connectivity index (χ2n) is 7.42. The zero-order valence-corrected chi connectivity index (χ0v) is 15.2. The van der Waals surface area contributed by atoms with Gasteiger partial charge in [-0.2, -0.15) is 5.10 Å². The lowest BCUT2D eigenvalue weighted by Gasteiger charge is -2.45. The van der Waals surface area contributed by atoms with Crippen LogP contribution in [-0.2, 0) is 17.1 Å². The summed E-state index contributed by atoms with van der Waals surface area (Å²) in [6.45, 7) is 4.13. The SMILES string of the molecule is Cc1c(S(=O)(=O)NC2CCC3(CC2)CCN(C)CC3)cnn1C. The first kappa shape index (κ1) is 16.9. The molecule has 0 unspecified atom stereocenters. The van der Waals surface area contributed by atoms with Gasteiger partial charge in [0.05, 0.1) is 11.9 Å². The molecule has 6 nitrogen and oxygen atoms in total. The molecule has 1 aliphatic carbocycles. The summed E-state index contributed by atoms with van der Waals surface area (Å²) in [5, 5.41) is 4.04. The zero-order valence-electron chi connectivity index (χ0n) is 14.4. The fourth-order valence-corrected chi connectivity index (χ4v) is 5.47. The topological polar surface area (TPSA) is 67.2 Å². The van der Waals surface area contributed by atoms with Gasteiger partial charge >= 0.3 is 0 Å². The molecule has 0 bridgehead atoms. The molecule has 1 aromatic heterocycles. The van der Waals surface area contributed by atoms with Crippen LogP contribution < -0.4 is 4.72 Å². The number of hydrogen-bond donors (Lipinski definition) is 1. The summed E-state index contributed by atoms with van der Waals surface area (Å²) in [6, 6.07) is 0.0601. The van der Waals surface area contributed by atoms with Crippen LogP contribution in [0, 0.1) is 12.3 Å². The van der Waals surface area contributed by atoms with Crippen molar-refractivity contribution < 1.29 is 8.42 Å². The van der Waals surface area contributed by atoms with Gasteiger partial charge in [0, 0.05) is 13.1 Å². The highest BCUT2D eigenvalue weighted by Crippen LogP contribution is 2.44. The van der Waals surface area contributed by atoms with E-state index in [0.717, 1.165) is 25.7 Å². The molecular weight excluding hydrogens is 312 g/mol. The minimum atomic E-state index is -3.46. The van der Waals surface area contributed by atoms with Crippen molar-refractivity contribution in [1.29, 1.82) is 0 Å². The Balaban J connectivity index is 1.61. The van der Waals surface area contributed by atoms with Crippen molar-refractivity contribution in [2.75, 3.05) is 20.1 Å². The molecule has 1 spiro atoms. The zero-order chi connectivity index (χ0) is 16.7. The normalized spacial score (nSPS) is 23.4. The largest absolute Gasteiger partial charge is 0.306 e. The molecule has 1 saturated heterocycles. The Labute approximate surface area is 139 Å². The van der Waals surface area contributed by atoms with Gasteiger partial charge in [-0.05, 0) is 71.0 Å². The lowest BCUT2D eigenvalue weighted by molar-refractivity contribution is 0.0729. The molecule has 0 aromatic carbocycles. The summed E-state index contributed by atoms with van der Waals surface area (Å²) in [5.41, 5.74) is 1.14.